The highest BCUT2D eigenvalue weighted by atomic mass is 19.1. The lowest BCUT2D eigenvalue weighted by Gasteiger charge is -2.12. The van der Waals surface area contributed by atoms with Crippen LogP contribution in [0.3, 0.4) is 0 Å². The molecule has 1 aliphatic rings. The van der Waals surface area contributed by atoms with Crippen LogP contribution in [-0.4, -0.2) is 40.4 Å². The van der Waals surface area contributed by atoms with E-state index in [1.54, 1.807) is 0 Å². The molecule has 7 nitrogen and oxygen atoms in total. The van der Waals surface area contributed by atoms with E-state index in [0.717, 1.165) is 10.8 Å². The van der Waals surface area contributed by atoms with Crippen molar-refractivity contribution in [1.29, 1.82) is 0 Å². The van der Waals surface area contributed by atoms with Crippen molar-refractivity contribution in [3.05, 3.63) is 32.9 Å². The fourth-order valence-corrected chi connectivity index (χ4v) is 1.48. The van der Waals surface area contributed by atoms with Gasteiger partial charge in [0.2, 0.25) is 5.82 Å². The van der Waals surface area contributed by atoms with Crippen LogP contribution in [-0.2, 0) is 4.74 Å². The van der Waals surface area contributed by atoms with Crippen molar-refractivity contribution in [3.8, 4) is 0 Å². The van der Waals surface area contributed by atoms with E-state index in [-0.39, 0.29) is 6.51 Å². The lowest BCUT2D eigenvalue weighted by molar-refractivity contribution is -0.114. The van der Waals surface area contributed by atoms with Crippen molar-refractivity contribution in [2.24, 2.45) is 0 Å². The number of aromatic nitrogens is 2. The smallest absolute Gasteiger partial charge is 0.330 e. The number of halogens is 1. The standard InChI is InChI=1S/C8H9FN2O4.CH3BO/c9-4-3-11(8(14)10-7(4)13)5-1-2-6(12)15-5;2-1-3/h3,5-6,12H,1-2H2,(H,10,13,14);3H,1H2/t5?,6-;/m0./s1. The number of nitrogens with one attached hydrogen (secondary N) is 1. The summed E-state index contributed by atoms with van der Waals surface area (Å²) in [7, 11) is 4.40. The molecule has 2 atom stereocenters. The van der Waals surface area contributed by atoms with E-state index in [1.807, 2.05) is 4.98 Å². The average Bonchev–Trinajstić information content (AvgIpc) is 2.71. The van der Waals surface area contributed by atoms with Crippen LogP contribution in [0.2, 0.25) is 0 Å². The number of rotatable bonds is 1. The number of hydrogen-bond acceptors (Lipinski definition) is 5. The molecule has 2 heterocycles. The lowest BCUT2D eigenvalue weighted by Crippen LogP contribution is -2.33. The first-order chi connectivity index (χ1) is 8.49. The van der Waals surface area contributed by atoms with E-state index < -0.39 is 29.6 Å². The van der Waals surface area contributed by atoms with Gasteiger partial charge in [-0.2, -0.15) is 4.39 Å². The summed E-state index contributed by atoms with van der Waals surface area (Å²) in [4.78, 5) is 23.8. The number of ether oxygens (including phenoxy) is 1. The van der Waals surface area contributed by atoms with E-state index in [2.05, 4.69) is 7.85 Å². The van der Waals surface area contributed by atoms with Gasteiger partial charge in [0.05, 0.1) is 6.20 Å². The van der Waals surface area contributed by atoms with Crippen molar-refractivity contribution in [2.75, 3.05) is 6.51 Å². The van der Waals surface area contributed by atoms with Gasteiger partial charge in [-0.25, -0.2) is 4.79 Å². The molecule has 0 spiro atoms. The van der Waals surface area contributed by atoms with E-state index in [4.69, 9.17) is 14.9 Å². The molecule has 1 aliphatic heterocycles. The van der Waals surface area contributed by atoms with Crippen LogP contribution in [0.1, 0.15) is 19.1 Å². The lowest BCUT2D eigenvalue weighted by atomic mass is 10.2. The summed E-state index contributed by atoms with van der Waals surface area (Å²) in [5, 5.41) is 16.4. The molecule has 1 aromatic rings. The summed E-state index contributed by atoms with van der Waals surface area (Å²) in [6.45, 7) is -0.250. The maximum Gasteiger partial charge on any atom is 0.330 e. The molecule has 2 radical (unpaired) electrons. The van der Waals surface area contributed by atoms with Gasteiger partial charge in [0.25, 0.3) is 5.56 Å². The molecule has 1 saturated heterocycles. The first-order valence-electron chi connectivity index (χ1n) is 5.15. The summed E-state index contributed by atoms with van der Waals surface area (Å²) < 4.78 is 18.8. The van der Waals surface area contributed by atoms with Gasteiger partial charge in [0.15, 0.2) is 6.29 Å². The van der Waals surface area contributed by atoms with Gasteiger partial charge in [0, 0.05) is 12.9 Å². The second-order valence-electron chi connectivity index (χ2n) is 3.45. The van der Waals surface area contributed by atoms with E-state index in [1.165, 1.54) is 0 Å². The highest BCUT2D eigenvalue weighted by Crippen LogP contribution is 2.24. The molecule has 18 heavy (non-hydrogen) atoms. The number of hydrogen-bond donors (Lipinski definition) is 3. The Balaban J connectivity index is 0.000000492. The molecule has 0 amide bonds. The number of nitrogens with zero attached hydrogens (tertiary/aromatic N) is 1. The number of aliphatic hydroxyl groups excluding tert-OH is 2. The Morgan fingerprint density at radius 2 is 2.17 bits per heavy atom. The van der Waals surface area contributed by atoms with Gasteiger partial charge in [-0.1, -0.05) is 0 Å². The van der Waals surface area contributed by atoms with Crippen LogP contribution in [0, 0.1) is 5.82 Å². The topological polar surface area (TPSA) is 105 Å². The molecule has 1 aromatic heterocycles. The minimum absolute atomic E-state index is 0.250. The van der Waals surface area contributed by atoms with Crippen LogP contribution >= 0.6 is 0 Å². The quantitative estimate of drug-likeness (QED) is 0.526. The van der Waals surface area contributed by atoms with Crippen molar-refractivity contribution in [3.63, 3.8) is 0 Å². The fraction of sp³-hybridized carbons (Fsp3) is 0.556. The van der Waals surface area contributed by atoms with Gasteiger partial charge >= 0.3 is 5.69 Å². The van der Waals surface area contributed by atoms with Gasteiger partial charge < -0.3 is 14.9 Å². The maximum atomic E-state index is 12.9. The predicted octanol–water partition coefficient (Wildman–Crippen LogP) is -1.59. The Morgan fingerprint density at radius 1 is 1.56 bits per heavy atom. The molecular formula is C9H12BFN2O5. The normalized spacial score (nSPS) is 22.4. The first kappa shape index (κ1) is 14.6. The minimum atomic E-state index is -1.06. The molecule has 3 N–H and O–H groups in total. The summed E-state index contributed by atoms with van der Waals surface area (Å²) in [5.74, 6) is -1.06. The summed E-state index contributed by atoms with van der Waals surface area (Å²) in [6.07, 6.45) is -0.121. The second kappa shape index (κ2) is 6.48. The number of aliphatic hydroxyl groups is 2. The Labute approximate surface area is 102 Å². The molecule has 98 valence electrons. The van der Waals surface area contributed by atoms with Crippen molar-refractivity contribution >= 4 is 7.85 Å². The van der Waals surface area contributed by atoms with Crippen LogP contribution < -0.4 is 11.2 Å². The second-order valence-corrected chi connectivity index (χ2v) is 3.45. The van der Waals surface area contributed by atoms with Crippen LogP contribution in [0.25, 0.3) is 0 Å². The largest absolute Gasteiger partial charge is 0.406 e. The van der Waals surface area contributed by atoms with Gasteiger partial charge in [-0.3, -0.25) is 14.3 Å². The maximum absolute atomic E-state index is 12.9. The Kier molecular flexibility index (Phi) is 5.26. The zero-order valence-corrected chi connectivity index (χ0v) is 9.38. The molecule has 0 bridgehead atoms. The SMILES string of the molecule is O=c1[nH]c(=O)n(C2CC[C@@H](O)O2)cc1F.[B]CO. The van der Waals surface area contributed by atoms with Gasteiger partial charge in [0.1, 0.15) is 14.1 Å². The molecule has 1 unspecified atom stereocenters. The third-order valence-corrected chi connectivity index (χ3v) is 2.21. The zero-order valence-electron chi connectivity index (χ0n) is 9.38. The van der Waals surface area contributed by atoms with Gasteiger partial charge in [-0.15, -0.1) is 0 Å². The van der Waals surface area contributed by atoms with Crippen molar-refractivity contribution in [2.45, 2.75) is 25.4 Å². The summed E-state index contributed by atoms with van der Waals surface area (Å²) >= 11 is 0. The highest BCUT2D eigenvalue weighted by molar-refractivity contribution is 6.07. The monoisotopic (exact) mass is 258 g/mol. The summed E-state index contributed by atoms with van der Waals surface area (Å²) in [6, 6.07) is 0. The zero-order chi connectivity index (χ0) is 13.7. The third-order valence-electron chi connectivity index (χ3n) is 2.21. The fourth-order valence-electron chi connectivity index (χ4n) is 1.48. The third kappa shape index (κ3) is 3.52. The summed E-state index contributed by atoms with van der Waals surface area (Å²) in [5.41, 5.74) is -1.81. The predicted molar refractivity (Wildman–Crippen MR) is 59.5 cm³/mol. The van der Waals surface area contributed by atoms with Crippen LogP contribution in [0.5, 0.6) is 0 Å². The van der Waals surface area contributed by atoms with Crippen molar-refractivity contribution in [1.82, 2.24) is 9.55 Å². The molecule has 9 heteroatoms. The molecule has 1 fully saturated rings. The Morgan fingerprint density at radius 3 is 2.67 bits per heavy atom. The first-order valence-corrected chi connectivity index (χ1v) is 5.15. The van der Waals surface area contributed by atoms with Gasteiger partial charge in [-0.05, 0) is 6.42 Å². The van der Waals surface area contributed by atoms with Crippen LogP contribution in [0.4, 0.5) is 4.39 Å². The molecule has 2 rings (SSSR count). The van der Waals surface area contributed by atoms with Crippen molar-refractivity contribution < 1.29 is 19.3 Å². The molecule has 0 aromatic carbocycles. The Hall–Kier alpha value is -1.45. The van der Waals surface area contributed by atoms with E-state index in [0.29, 0.717) is 12.8 Å². The molecular weight excluding hydrogens is 246 g/mol. The average molecular weight is 258 g/mol. The van der Waals surface area contributed by atoms with E-state index in [9.17, 15) is 14.0 Å². The van der Waals surface area contributed by atoms with Crippen LogP contribution in [0.15, 0.2) is 15.8 Å². The molecule has 0 aliphatic carbocycles. The number of H-pyrrole nitrogens is 1. The number of aromatic amines is 1. The Bertz CT molecular complexity index is 502. The molecule has 0 saturated carbocycles. The minimum Gasteiger partial charge on any atom is -0.406 e. The highest BCUT2D eigenvalue weighted by Gasteiger charge is 2.26. The van der Waals surface area contributed by atoms with E-state index >= 15 is 0 Å².